The van der Waals surface area contributed by atoms with Crippen LogP contribution in [0.15, 0.2) is 29.2 Å². The first-order valence-electron chi connectivity index (χ1n) is 5.75. The number of rotatable bonds is 3. The van der Waals surface area contributed by atoms with Crippen molar-refractivity contribution in [3.63, 3.8) is 0 Å². The molecule has 0 amide bonds. The second kappa shape index (κ2) is 5.00. The summed E-state index contributed by atoms with van der Waals surface area (Å²) in [6.45, 7) is 3.86. The highest BCUT2D eigenvalue weighted by Gasteiger charge is 2.11. The molecule has 2 heterocycles. The van der Waals surface area contributed by atoms with Gasteiger partial charge < -0.3 is 4.74 Å². The van der Waals surface area contributed by atoms with E-state index in [9.17, 15) is 9.59 Å². The van der Waals surface area contributed by atoms with Crippen LogP contribution in [0.2, 0.25) is 0 Å². The van der Waals surface area contributed by atoms with Gasteiger partial charge in [-0.3, -0.25) is 14.0 Å². The summed E-state index contributed by atoms with van der Waals surface area (Å²) in [5.74, 6) is -0.412. The first-order chi connectivity index (χ1) is 8.63. The van der Waals surface area contributed by atoms with E-state index in [0.717, 1.165) is 5.69 Å². The van der Waals surface area contributed by atoms with Gasteiger partial charge in [0.15, 0.2) is 0 Å². The van der Waals surface area contributed by atoms with E-state index in [2.05, 4.69) is 4.98 Å². The molecule has 0 atom stereocenters. The van der Waals surface area contributed by atoms with E-state index in [1.165, 1.54) is 10.6 Å². The van der Waals surface area contributed by atoms with Crippen LogP contribution in [0.1, 0.15) is 18.2 Å². The molecule has 0 aromatic carbocycles. The van der Waals surface area contributed by atoms with Crippen molar-refractivity contribution in [3.05, 3.63) is 46.0 Å². The van der Waals surface area contributed by atoms with E-state index in [0.29, 0.717) is 17.8 Å². The predicted molar refractivity (Wildman–Crippen MR) is 66.5 cm³/mol. The number of nitrogens with zero attached hydrogens (tertiary/aromatic N) is 2. The van der Waals surface area contributed by atoms with Crippen LogP contribution in [-0.2, 0) is 16.0 Å². The zero-order chi connectivity index (χ0) is 13.1. The van der Waals surface area contributed by atoms with Gasteiger partial charge in [0.1, 0.15) is 5.65 Å². The fourth-order valence-electron chi connectivity index (χ4n) is 1.80. The SMILES string of the molecule is CCOC(=O)Cc1cnc2cccc(C)n2c1=O. The molecule has 5 nitrogen and oxygen atoms in total. The van der Waals surface area contributed by atoms with Crippen LogP contribution in [0.4, 0.5) is 0 Å². The number of pyridine rings is 1. The Kier molecular flexibility index (Phi) is 3.41. The molecule has 0 bridgehead atoms. The molecule has 0 fully saturated rings. The van der Waals surface area contributed by atoms with Crippen molar-refractivity contribution < 1.29 is 9.53 Å². The Labute approximate surface area is 104 Å². The van der Waals surface area contributed by atoms with Crippen molar-refractivity contribution >= 4 is 11.6 Å². The number of ether oxygens (including phenoxy) is 1. The minimum absolute atomic E-state index is 0.0447. The first-order valence-corrected chi connectivity index (χ1v) is 5.75. The third kappa shape index (κ3) is 2.25. The van der Waals surface area contributed by atoms with E-state index < -0.39 is 5.97 Å². The van der Waals surface area contributed by atoms with E-state index in [-0.39, 0.29) is 12.0 Å². The van der Waals surface area contributed by atoms with Gasteiger partial charge in [0.2, 0.25) is 0 Å². The van der Waals surface area contributed by atoms with Gasteiger partial charge in [0, 0.05) is 17.5 Å². The van der Waals surface area contributed by atoms with Gasteiger partial charge in [-0.2, -0.15) is 0 Å². The maximum Gasteiger partial charge on any atom is 0.310 e. The van der Waals surface area contributed by atoms with Gasteiger partial charge in [-0.15, -0.1) is 0 Å². The second-order valence-corrected chi connectivity index (χ2v) is 3.93. The zero-order valence-corrected chi connectivity index (χ0v) is 10.3. The Morgan fingerprint density at radius 2 is 2.22 bits per heavy atom. The van der Waals surface area contributed by atoms with E-state index in [1.54, 1.807) is 13.0 Å². The van der Waals surface area contributed by atoms with E-state index in [4.69, 9.17) is 4.74 Å². The minimum Gasteiger partial charge on any atom is -0.466 e. The average molecular weight is 246 g/mol. The van der Waals surface area contributed by atoms with Crippen molar-refractivity contribution in [1.82, 2.24) is 9.38 Å². The summed E-state index contributed by atoms with van der Waals surface area (Å²) in [4.78, 5) is 27.8. The van der Waals surface area contributed by atoms with Crippen LogP contribution in [0.3, 0.4) is 0 Å². The summed E-state index contributed by atoms with van der Waals surface area (Å²) in [5, 5.41) is 0. The molecule has 18 heavy (non-hydrogen) atoms. The number of carbonyl (C=O) groups is 1. The summed E-state index contributed by atoms with van der Waals surface area (Å²) in [7, 11) is 0. The van der Waals surface area contributed by atoms with Crippen molar-refractivity contribution in [3.8, 4) is 0 Å². The highest BCUT2D eigenvalue weighted by molar-refractivity contribution is 5.72. The van der Waals surface area contributed by atoms with Gasteiger partial charge in [-0.1, -0.05) is 6.07 Å². The molecule has 0 saturated heterocycles. The number of fused-ring (bicyclic) bond motifs is 1. The van der Waals surface area contributed by atoms with Gasteiger partial charge >= 0.3 is 5.97 Å². The molecule has 0 unspecified atom stereocenters. The van der Waals surface area contributed by atoms with Crippen LogP contribution >= 0.6 is 0 Å². The summed E-state index contributed by atoms with van der Waals surface area (Å²) in [6.07, 6.45) is 1.39. The number of esters is 1. The maximum absolute atomic E-state index is 12.2. The third-order valence-corrected chi connectivity index (χ3v) is 2.64. The number of carbonyl (C=O) groups excluding carboxylic acids is 1. The number of hydrogen-bond donors (Lipinski definition) is 0. The minimum atomic E-state index is -0.412. The van der Waals surface area contributed by atoms with Crippen molar-refractivity contribution in [2.75, 3.05) is 6.61 Å². The topological polar surface area (TPSA) is 60.7 Å². The summed E-state index contributed by atoms with van der Waals surface area (Å²) < 4.78 is 6.32. The van der Waals surface area contributed by atoms with Gasteiger partial charge in [-0.05, 0) is 26.0 Å². The molecule has 0 saturated carbocycles. The lowest BCUT2D eigenvalue weighted by atomic mass is 10.2. The van der Waals surface area contributed by atoms with Gasteiger partial charge in [0.25, 0.3) is 5.56 Å². The van der Waals surface area contributed by atoms with Crippen LogP contribution < -0.4 is 5.56 Å². The zero-order valence-electron chi connectivity index (χ0n) is 10.3. The highest BCUT2D eigenvalue weighted by atomic mass is 16.5. The van der Waals surface area contributed by atoms with E-state index in [1.807, 2.05) is 19.1 Å². The standard InChI is InChI=1S/C13H14N2O3/c1-3-18-12(16)7-10-8-14-11-6-4-5-9(2)15(11)13(10)17/h4-6,8H,3,7H2,1-2H3. The summed E-state index contributed by atoms with van der Waals surface area (Å²) in [5.41, 5.74) is 1.50. The van der Waals surface area contributed by atoms with Crippen LogP contribution in [-0.4, -0.2) is 22.0 Å². The fourth-order valence-corrected chi connectivity index (χ4v) is 1.80. The molecule has 0 aliphatic carbocycles. The summed E-state index contributed by atoms with van der Waals surface area (Å²) >= 11 is 0. The monoisotopic (exact) mass is 246 g/mol. The van der Waals surface area contributed by atoms with Crippen LogP contribution in [0.25, 0.3) is 5.65 Å². The van der Waals surface area contributed by atoms with Gasteiger partial charge in [0.05, 0.1) is 13.0 Å². The number of hydrogen-bond acceptors (Lipinski definition) is 4. The molecule has 0 spiro atoms. The molecule has 2 rings (SSSR count). The normalized spacial score (nSPS) is 10.6. The number of aryl methyl sites for hydroxylation is 1. The Hall–Kier alpha value is -2.17. The Morgan fingerprint density at radius 3 is 2.94 bits per heavy atom. The molecule has 0 aliphatic rings. The van der Waals surface area contributed by atoms with Crippen molar-refractivity contribution in [1.29, 1.82) is 0 Å². The molecule has 5 heteroatoms. The lowest BCUT2D eigenvalue weighted by molar-refractivity contribution is -0.142. The summed E-state index contributed by atoms with van der Waals surface area (Å²) in [6, 6.07) is 5.41. The smallest absolute Gasteiger partial charge is 0.310 e. The lowest BCUT2D eigenvalue weighted by Crippen LogP contribution is -2.23. The molecule has 0 radical (unpaired) electrons. The second-order valence-electron chi connectivity index (χ2n) is 3.93. The highest BCUT2D eigenvalue weighted by Crippen LogP contribution is 2.03. The largest absolute Gasteiger partial charge is 0.466 e. The molecule has 2 aromatic rings. The Morgan fingerprint density at radius 1 is 1.44 bits per heavy atom. The van der Waals surface area contributed by atoms with Crippen molar-refractivity contribution in [2.45, 2.75) is 20.3 Å². The predicted octanol–water partition coefficient (Wildman–Crippen LogP) is 1.11. The Balaban J connectivity index is 2.48. The molecule has 94 valence electrons. The third-order valence-electron chi connectivity index (χ3n) is 2.64. The maximum atomic E-state index is 12.2. The van der Waals surface area contributed by atoms with Crippen molar-refractivity contribution in [2.24, 2.45) is 0 Å². The molecule has 0 aliphatic heterocycles. The Bertz CT molecular complexity index is 646. The lowest BCUT2D eigenvalue weighted by Gasteiger charge is -2.06. The average Bonchev–Trinajstić information content (AvgIpc) is 2.33. The molecule has 2 aromatic heterocycles. The molecular weight excluding hydrogens is 232 g/mol. The van der Waals surface area contributed by atoms with Crippen LogP contribution in [0.5, 0.6) is 0 Å². The van der Waals surface area contributed by atoms with Gasteiger partial charge in [-0.25, -0.2) is 4.98 Å². The number of aromatic nitrogens is 2. The first kappa shape index (κ1) is 12.3. The quantitative estimate of drug-likeness (QED) is 0.761. The molecular formula is C13H14N2O3. The fraction of sp³-hybridized carbons (Fsp3) is 0.308. The molecule has 0 N–H and O–H groups in total. The van der Waals surface area contributed by atoms with Crippen LogP contribution in [0, 0.1) is 6.92 Å². The van der Waals surface area contributed by atoms with E-state index >= 15 is 0 Å².